The van der Waals surface area contributed by atoms with Crippen LogP contribution in [0.5, 0.6) is 5.75 Å². The van der Waals surface area contributed by atoms with Gasteiger partial charge >= 0.3 is 0 Å². The second kappa shape index (κ2) is 7.80. The number of carbonyl (C=O) groups excluding carboxylic acids is 1. The molecule has 2 saturated heterocycles. The van der Waals surface area contributed by atoms with Crippen LogP contribution in [0.4, 0.5) is 0 Å². The number of nitrogens with zero attached hydrogens (tertiary/aromatic N) is 2. The molecule has 26 heavy (non-hydrogen) atoms. The minimum Gasteiger partial charge on any atom is -0.497 e. The summed E-state index contributed by atoms with van der Waals surface area (Å²) in [7, 11) is 1.71. The van der Waals surface area contributed by atoms with Gasteiger partial charge in [-0.25, -0.2) is 0 Å². The van der Waals surface area contributed by atoms with Gasteiger partial charge in [0, 0.05) is 25.7 Å². The summed E-state index contributed by atoms with van der Waals surface area (Å²) in [4.78, 5) is 18.3. The predicted molar refractivity (Wildman–Crippen MR) is 105 cm³/mol. The number of carbonyl (C=O) groups is 1. The van der Waals surface area contributed by atoms with Gasteiger partial charge in [0.1, 0.15) is 5.75 Å². The molecule has 0 aliphatic carbocycles. The Morgan fingerprint density at radius 2 is 2.15 bits per heavy atom. The molecule has 2 fully saturated rings. The Hall–Kier alpha value is -1.85. The number of thiophene rings is 1. The molecule has 2 atom stereocenters. The van der Waals surface area contributed by atoms with Crippen LogP contribution in [-0.2, 0) is 6.54 Å². The Morgan fingerprint density at radius 3 is 2.96 bits per heavy atom. The Balaban J connectivity index is 1.49. The van der Waals surface area contributed by atoms with E-state index in [9.17, 15) is 4.79 Å². The van der Waals surface area contributed by atoms with Crippen molar-refractivity contribution >= 4 is 17.2 Å². The van der Waals surface area contributed by atoms with Crippen LogP contribution < -0.4 is 4.74 Å². The molecule has 0 radical (unpaired) electrons. The van der Waals surface area contributed by atoms with E-state index in [2.05, 4.69) is 28.0 Å². The topological polar surface area (TPSA) is 32.8 Å². The van der Waals surface area contributed by atoms with Crippen LogP contribution >= 0.6 is 11.3 Å². The van der Waals surface area contributed by atoms with Crippen molar-refractivity contribution in [2.45, 2.75) is 31.8 Å². The van der Waals surface area contributed by atoms with Crippen molar-refractivity contribution in [2.24, 2.45) is 5.92 Å². The third-order valence-electron chi connectivity index (χ3n) is 5.68. The Labute approximate surface area is 159 Å². The SMILES string of the molecule is COc1cccc(CN2CCCC[C@H]3CN(C(=O)c4cccs4)C[C@H]32)c1. The average molecular weight is 371 g/mol. The largest absolute Gasteiger partial charge is 0.497 e. The Morgan fingerprint density at radius 1 is 1.23 bits per heavy atom. The van der Waals surface area contributed by atoms with Crippen LogP contribution in [0.15, 0.2) is 41.8 Å². The van der Waals surface area contributed by atoms with Crippen LogP contribution in [0, 0.1) is 5.92 Å². The van der Waals surface area contributed by atoms with Crippen LogP contribution in [0.25, 0.3) is 0 Å². The molecular weight excluding hydrogens is 344 g/mol. The normalized spacial score (nSPS) is 23.5. The van der Waals surface area contributed by atoms with Crippen molar-refractivity contribution in [3.63, 3.8) is 0 Å². The van der Waals surface area contributed by atoms with Crippen molar-refractivity contribution in [1.29, 1.82) is 0 Å². The van der Waals surface area contributed by atoms with Gasteiger partial charge in [0.15, 0.2) is 0 Å². The summed E-state index contributed by atoms with van der Waals surface area (Å²) in [6.45, 7) is 3.79. The second-order valence-electron chi connectivity index (χ2n) is 7.33. The summed E-state index contributed by atoms with van der Waals surface area (Å²) in [5.41, 5.74) is 1.29. The average Bonchev–Trinajstić information content (AvgIpc) is 3.31. The minimum atomic E-state index is 0.203. The van der Waals surface area contributed by atoms with E-state index < -0.39 is 0 Å². The second-order valence-corrected chi connectivity index (χ2v) is 8.28. The van der Waals surface area contributed by atoms with Crippen molar-refractivity contribution in [2.75, 3.05) is 26.7 Å². The lowest BCUT2D eigenvalue weighted by Gasteiger charge is -2.30. The lowest BCUT2D eigenvalue weighted by Crippen LogP contribution is -2.40. The van der Waals surface area contributed by atoms with E-state index in [4.69, 9.17) is 4.74 Å². The Bertz CT molecular complexity index is 746. The van der Waals surface area contributed by atoms with Gasteiger partial charge in [-0.05, 0) is 54.4 Å². The lowest BCUT2D eigenvalue weighted by molar-refractivity contribution is 0.0778. The lowest BCUT2D eigenvalue weighted by atomic mass is 9.98. The van der Waals surface area contributed by atoms with E-state index in [1.165, 1.54) is 24.8 Å². The number of hydrogen-bond donors (Lipinski definition) is 0. The quantitative estimate of drug-likeness (QED) is 0.819. The molecule has 0 N–H and O–H groups in total. The smallest absolute Gasteiger partial charge is 0.263 e. The highest BCUT2D eigenvalue weighted by molar-refractivity contribution is 7.12. The first-order chi connectivity index (χ1) is 12.7. The van der Waals surface area contributed by atoms with Crippen molar-refractivity contribution in [3.8, 4) is 5.75 Å². The molecule has 4 rings (SSSR count). The van der Waals surface area contributed by atoms with Crippen LogP contribution in [0.2, 0.25) is 0 Å². The maximum atomic E-state index is 12.8. The predicted octanol–water partition coefficient (Wildman–Crippen LogP) is 3.88. The number of ether oxygens (including phenoxy) is 1. The Kier molecular flexibility index (Phi) is 5.27. The number of hydrogen-bond acceptors (Lipinski definition) is 4. The molecule has 2 aliphatic heterocycles. The molecule has 1 amide bonds. The van der Waals surface area contributed by atoms with E-state index >= 15 is 0 Å². The first-order valence-corrected chi connectivity index (χ1v) is 10.3. The van der Waals surface area contributed by atoms with E-state index in [-0.39, 0.29) is 5.91 Å². The number of amides is 1. The highest BCUT2D eigenvalue weighted by atomic mass is 32.1. The molecule has 0 bridgehead atoms. The van der Waals surface area contributed by atoms with Gasteiger partial charge in [0.05, 0.1) is 12.0 Å². The first-order valence-electron chi connectivity index (χ1n) is 9.44. The maximum Gasteiger partial charge on any atom is 0.263 e. The summed E-state index contributed by atoms with van der Waals surface area (Å²) in [6, 6.07) is 12.7. The molecule has 1 aromatic heterocycles. The monoisotopic (exact) mass is 370 g/mol. The molecule has 1 aromatic carbocycles. The van der Waals surface area contributed by atoms with Crippen molar-refractivity contribution < 1.29 is 9.53 Å². The fourth-order valence-corrected chi connectivity index (χ4v) is 5.05. The number of rotatable bonds is 4. The molecule has 0 saturated carbocycles. The number of fused-ring (bicyclic) bond motifs is 1. The highest BCUT2D eigenvalue weighted by Crippen LogP contribution is 2.32. The maximum absolute atomic E-state index is 12.8. The summed E-state index contributed by atoms with van der Waals surface area (Å²) >= 11 is 1.54. The molecule has 2 aromatic rings. The van der Waals surface area contributed by atoms with E-state index in [1.54, 1.807) is 18.4 Å². The third-order valence-corrected chi connectivity index (χ3v) is 6.54. The van der Waals surface area contributed by atoms with E-state index in [0.29, 0.717) is 12.0 Å². The van der Waals surface area contributed by atoms with Gasteiger partial charge in [-0.1, -0.05) is 24.6 Å². The molecule has 4 nitrogen and oxygen atoms in total. The highest BCUT2D eigenvalue weighted by Gasteiger charge is 2.39. The molecule has 5 heteroatoms. The molecule has 0 spiro atoms. The van der Waals surface area contributed by atoms with Gasteiger partial charge < -0.3 is 9.64 Å². The van der Waals surface area contributed by atoms with Crippen LogP contribution in [0.1, 0.15) is 34.5 Å². The zero-order valence-corrected chi connectivity index (χ0v) is 16.1. The molecule has 2 aliphatic rings. The molecule has 138 valence electrons. The third kappa shape index (κ3) is 3.64. The van der Waals surface area contributed by atoms with E-state index in [0.717, 1.165) is 36.8 Å². The molecular formula is C21H26N2O2S. The van der Waals surface area contributed by atoms with Crippen molar-refractivity contribution in [3.05, 3.63) is 52.2 Å². The van der Waals surface area contributed by atoms with Gasteiger partial charge in [-0.2, -0.15) is 0 Å². The minimum absolute atomic E-state index is 0.203. The standard InChI is InChI=1S/C21H26N2O2S/c1-25-18-8-4-6-16(12-18)13-22-10-3-2-7-17-14-23(15-19(17)22)21(24)20-9-5-11-26-20/h4-6,8-9,11-12,17,19H,2-3,7,10,13-15H2,1H3/t17-,19+/m0/s1. The van der Waals surface area contributed by atoms with Gasteiger partial charge in [-0.3, -0.25) is 9.69 Å². The van der Waals surface area contributed by atoms with Crippen molar-refractivity contribution in [1.82, 2.24) is 9.80 Å². The first kappa shape index (κ1) is 17.6. The summed E-state index contributed by atoms with van der Waals surface area (Å²) in [5, 5.41) is 1.98. The summed E-state index contributed by atoms with van der Waals surface area (Å²) < 4.78 is 5.37. The number of methoxy groups -OCH3 is 1. The van der Waals surface area contributed by atoms with Crippen LogP contribution in [-0.4, -0.2) is 48.5 Å². The number of likely N-dealkylation sites (tertiary alicyclic amines) is 2. The molecule has 0 unspecified atom stereocenters. The van der Waals surface area contributed by atoms with Gasteiger partial charge in [-0.15, -0.1) is 11.3 Å². The van der Waals surface area contributed by atoms with E-state index in [1.807, 2.05) is 23.6 Å². The fraction of sp³-hybridized carbons (Fsp3) is 0.476. The van der Waals surface area contributed by atoms with Gasteiger partial charge in [0.2, 0.25) is 0 Å². The number of benzene rings is 1. The zero-order valence-electron chi connectivity index (χ0n) is 15.3. The summed E-state index contributed by atoms with van der Waals surface area (Å²) in [6.07, 6.45) is 3.74. The van der Waals surface area contributed by atoms with Crippen LogP contribution in [0.3, 0.4) is 0 Å². The fourth-order valence-electron chi connectivity index (χ4n) is 4.36. The summed E-state index contributed by atoms with van der Waals surface area (Å²) in [5.74, 6) is 1.70. The molecule has 3 heterocycles. The zero-order chi connectivity index (χ0) is 17.9. The van der Waals surface area contributed by atoms with Gasteiger partial charge in [0.25, 0.3) is 5.91 Å².